The van der Waals surface area contributed by atoms with Crippen LogP contribution in [0.15, 0.2) is 0 Å². The Morgan fingerprint density at radius 3 is 2.55 bits per heavy atom. The van der Waals surface area contributed by atoms with Gasteiger partial charge in [-0.05, 0) is 18.0 Å². The molecule has 1 rings (SSSR count). The number of ether oxygens (including phenoxy) is 3. The van der Waals surface area contributed by atoms with Crippen molar-refractivity contribution in [2.24, 2.45) is 0 Å². The summed E-state index contributed by atoms with van der Waals surface area (Å²) in [7, 11) is 4.62. The molecule has 0 atom stereocenters. The molecule has 1 aromatic rings. The number of rotatable bonds is 9. The third-order valence-electron chi connectivity index (χ3n) is 2.72. The van der Waals surface area contributed by atoms with Crippen molar-refractivity contribution in [3.05, 3.63) is 5.56 Å². The van der Waals surface area contributed by atoms with E-state index in [9.17, 15) is 4.79 Å². The molecule has 0 amide bonds. The van der Waals surface area contributed by atoms with Crippen molar-refractivity contribution in [3.8, 4) is 0 Å². The van der Waals surface area contributed by atoms with Crippen molar-refractivity contribution in [2.45, 2.75) is 6.42 Å². The lowest BCUT2D eigenvalue weighted by molar-refractivity contribution is 0.0603. The molecule has 0 bridgehead atoms. The quantitative estimate of drug-likeness (QED) is 0.538. The van der Waals surface area contributed by atoms with E-state index in [2.05, 4.69) is 4.37 Å². The Bertz CT molecular complexity index is 425. The average molecular weight is 303 g/mol. The van der Waals surface area contributed by atoms with Crippen LogP contribution in [0.4, 0.5) is 10.8 Å². The van der Waals surface area contributed by atoms with Crippen molar-refractivity contribution in [1.82, 2.24) is 4.37 Å². The number of carbonyl (C=O) groups excluding carboxylic acids is 1. The summed E-state index contributed by atoms with van der Waals surface area (Å²) in [6.45, 7) is 2.56. The summed E-state index contributed by atoms with van der Waals surface area (Å²) in [5, 5.41) is 0.711. The molecule has 1 heterocycles. The first-order valence-electron chi connectivity index (χ1n) is 6.22. The van der Waals surface area contributed by atoms with Gasteiger partial charge in [0.25, 0.3) is 0 Å². The smallest absolute Gasteiger partial charge is 0.344 e. The van der Waals surface area contributed by atoms with Gasteiger partial charge in [-0.2, -0.15) is 4.37 Å². The second-order valence-electron chi connectivity index (χ2n) is 4.07. The van der Waals surface area contributed by atoms with E-state index in [0.717, 1.165) is 13.0 Å². The normalized spacial score (nSPS) is 10.6. The molecule has 1 aromatic heterocycles. The monoisotopic (exact) mass is 303 g/mol. The van der Waals surface area contributed by atoms with E-state index in [1.54, 1.807) is 14.2 Å². The van der Waals surface area contributed by atoms with E-state index in [4.69, 9.17) is 19.9 Å². The highest BCUT2D eigenvalue weighted by Gasteiger charge is 2.23. The Kier molecular flexibility index (Phi) is 7.27. The van der Waals surface area contributed by atoms with Crippen LogP contribution in [0.3, 0.4) is 0 Å². The highest BCUT2D eigenvalue weighted by molar-refractivity contribution is 7.11. The molecule has 0 unspecified atom stereocenters. The highest BCUT2D eigenvalue weighted by Crippen LogP contribution is 2.31. The van der Waals surface area contributed by atoms with Gasteiger partial charge in [0.2, 0.25) is 0 Å². The molecule has 0 aliphatic rings. The first-order valence-corrected chi connectivity index (χ1v) is 6.99. The summed E-state index contributed by atoms with van der Waals surface area (Å²) >= 11 is 1.19. The van der Waals surface area contributed by atoms with Gasteiger partial charge in [-0.1, -0.05) is 0 Å². The van der Waals surface area contributed by atoms with Gasteiger partial charge in [0.05, 0.1) is 13.7 Å². The van der Waals surface area contributed by atoms with Crippen LogP contribution >= 0.6 is 11.5 Å². The minimum absolute atomic E-state index is 0.200. The Hall–Kier alpha value is -1.38. The molecule has 0 aliphatic carbocycles. The molecular weight excluding hydrogens is 282 g/mol. The lowest BCUT2D eigenvalue weighted by atomic mass is 10.3. The van der Waals surface area contributed by atoms with E-state index >= 15 is 0 Å². The fourth-order valence-electron chi connectivity index (χ4n) is 1.72. The van der Waals surface area contributed by atoms with Gasteiger partial charge in [0, 0.05) is 33.9 Å². The van der Waals surface area contributed by atoms with Gasteiger partial charge >= 0.3 is 5.97 Å². The van der Waals surface area contributed by atoms with Crippen molar-refractivity contribution < 1.29 is 19.0 Å². The molecule has 114 valence electrons. The van der Waals surface area contributed by atoms with Crippen LogP contribution in [-0.2, 0) is 14.2 Å². The molecule has 2 N–H and O–H groups in total. The minimum atomic E-state index is -0.472. The number of esters is 1. The average Bonchev–Trinajstić information content (AvgIpc) is 2.83. The van der Waals surface area contributed by atoms with Crippen molar-refractivity contribution in [2.75, 3.05) is 58.3 Å². The molecule has 7 nitrogen and oxygen atoms in total. The van der Waals surface area contributed by atoms with Crippen molar-refractivity contribution >= 4 is 28.3 Å². The Morgan fingerprint density at radius 1 is 1.25 bits per heavy atom. The van der Waals surface area contributed by atoms with Crippen LogP contribution in [0.25, 0.3) is 0 Å². The summed E-state index contributed by atoms with van der Waals surface area (Å²) in [6, 6.07) is 0. The molecule has 0 saturated carbocycles. The number of hydrogen-bond acceptors (Lipinski definition) is 8. The van der Waals surface area contributed by atoms with Gasteiger partial charge in [-0.15, -0.1) is 0 Å². The number of nitrogen functional groups attached to an aromatic ring is 1. The topological polar surface area (TPSA) is 86.9 Å². The molecule has 0 saturated heterocycles. The highest BCUT2D eigenvalue weighted by atomic mass is 32.1. The van der Waals surface area contributed by atoms with E-state index in [0.29, 0.717) is 30.3 Å². The second kappa shape index (κ2) is 8.72. The Labute approximate surface area is 122 Å². The third kappa shape index (κ3) is 4.32. The number of carbonyl (C=O) groups is 1. The second-order valence-corrected chi connectivity index (χ2v) is 4.82. The molecular formula is C12H21N3O4S. The molecule has 8 heteroatoms. The lowest BCUT2D eigenvalue weighted by Crippen LogP contribution is -2.29. The lowest BCUT2D eigenvalue weighted by Gasteiger charge is -2.23. The number of nitrogens with zero attached hydrogens (tertiary/aromatic N) is 2. The summed E-state index contributed by atoms with van der Waals surface area (Å²) < 4.78 is 19.0. The van der Waals surface area contributed by atoms with E-state index in [-0.39, 0.29) is 5.82 Å². The van der Waals surface area contributed by atoms with E-state index < -0.39 is 5.97 Å². The number of nitrogens with two attached hydrogens (primary N) is 1. The van der Waals surface area contributed by atoms with Crippen LogP contribution < -0.4 is 10.6 Å². The zero-order chi connectivity index (χ0) is 15.0. The number of aromatic nitrogens is 1. The maximum absolute atomic E-state index is 11.8. The van der Waals surface area contributed by atoms with Crippen LogP contribution in [0.2, 0.25) is 0 Å². The van der Waals surface area contributed by atoms with E-state index in [1.165, 1.54) is 18.6 Å². The summed E-state index contributed by atoms with van der Waals surface area (Å²) in [5.41, 5.74) is 6.08. The van der Waals surface area contributed by atoms with Crippen LogP contribution in [0.1, 0.15) is 16.8 Å². The van der Waals surface area contributed by atoms with Gasteiger partial charge < -0.3 is 24.8 Å². The summed E-state index contributed by atoms with van der Waals surface area (Å²) in [5.74, 6) is -0.272. The number of methoxy groups -OCH3 is 3. The summed E-state index contributed by atoms with van der Waals surface area (Å²) in [6.07, 6.45) is 0.832. The fraction of sp³-hybridized carbons (Fsp3) is 0.667. The maximum Gasteiger partial charge on any atom is 0.344 e. The first kappa shape index (κ1) is 16.7. The predicted octanol–water partition coefficient (Wildman–Crippen LogP) is 1.00. The summed E-state index contributed by atoms with van der Waals surface area (Å²) in [4.78, 5) is 13.8. The third-order valence-corrected chi connectivity index (χ3v) is 3.64. The van der Waals surface area contributed by atoms with Crippen LogP contribution in [-0.4, -0.2) is 58.0 Å². The van der Waals surface area contributed by atoms with Crippen LogP contribution in [0, 0.1) is 0 Å². The zero-order valence-electron chi connectivity index (χ0n) is 12.0. The minimum Gasteiger partial charge on any atom is -0.465 e. The largest absolute Gasteiger partial charge is 0.465 e. The molecule has 20 heavy (non-hydrogen) atoms. The Balaban J connectivity index is 2.91. The molecule has 0 aliphatic heterocycles. The van der Waals surface area contributed by atoms with Gasteiger partial charge in [0.15, 0.2) is 5.82 Å². The number of anilines is 2. The van der Waals surface area contributed by atoms with Gasteiger partial charge in [-0.25, -0.2) is 4.79 Å². The number of hydrogen-bond donors (Lipinski definition) is 1. The predicted molar refractivity (Wildman–Crippen MR) is 78.4 cm³/mol. The van der Waals surface area contributed by atoms with Crippen molar-refractivity contribution in [1.29, 1.82) is 0 Å². The van der Waals surface area contributed by atoms with Gasteiger partial charge in [-0.3, -0.25) is 0 Å². The molecule has 0 aromatic carbocycles. The van der Waals surface area contributed by atoms with E-state index in [1.807, 2.05) is 4.90 Å². The molecule has 0 radical (unpaired) electrons. The van der Waals surface area contributed by atoms with Crippen molar-refractivity contribution in [3.63, 3.8) is 0 Å². The van der Waals surface area contributed by atoms with Gasteiger partial charge in [0.1, 0.15) is 10.6 Å². The standard InChI is InChI=1S/C12H21N3O4S/c1-17-7-4-5-15(6-8-18-2)11-9(12(16)19-3)10(13)14-20-11/h4-8H2,1-3H3,(H2,13,14). The SMILES string of the molecule is COCCCN(CCOC)c1snc(N)c1C(=O)OC. The fourth-order valence-corrected chi connectivity index (χ4v) is 2.57. The van der Waals surface area contributed by atoms with Crippen LogP contribution in [0.5, 0.6) is 0 Å². The Morgan fingerprint density at radius 2 is 1.95 bits per heavy atom. The molecule has 0 fully saturated rings. The maximum atomic E-state index is 11.8. The zero-order valence-corrected chi connectivity index (χ0v) is 12.9. The first-order chi connectivity index (χ1) is 9.65. The molecule has 0 spiro atoms.